The molecule has 1 saturated carbocycles. The predicted molar refractivity (Wildman–Crippen MR) is 40.6 cm³/mol. The second-order valence-electron chi connectivity index (χ2n) is 3.46. The first kappa shape index (κ1) is 8.91. The van der Waals surface area contributed by atoms with Crippen molar-refractivity contribution in [2.45, 2.75) is 44.6 Å². The van der Waals surface area contributed by atoms with Crippen molar-refractivity contribution in [2.75, 3.05) is 0 Å². The molecule has 66 valence electrons. The quantitative estimate of drug-likeness (QED) is 0.675. The van der Waals surface area contributed by atoms with Crippen LogP contribution in [0.3, 0.4) is 0 Å². The highest BCUT2D eigenvalue weighted by molar-refractivity contribution is 5.04. The monoisotopic (exact) mass is 163 g/mol. The third-order valence-corrected chi connectivity index (χ3v) is 2.47. The van der Waals surface area contributed by atoms with E-state index in [-0.39, 0.29) is 0 Å². The number of hydrogen-bond acceptors (Lipinski definition) is 1. The number of nitrogens with two attached hydrogens (primary N) is 1. The zero-order chi connectivity index (χ0) is 8.48. The average molecular weight is 163 g/mol. The van der Waals surface area contributed by atoms with Crippen LogP contribution in [0.15, 0.2) is 0 Å². The second-order valence-corrected chi connectivity index (χ2v) is 3.46. The Hall–Kier alpha value is -0.180. The van der Waals surface area contributed by atoms with Gasteiger partial charge in [-0.1, -0.05) is 13.3 Å². The lowest BCUT2D eigenvalue weighted by molar-refractivity contribution is 0.0518. The predicted octanol–water partition coefficient (Wildman–Crippen LogP) is 2.16. The molecule has 2 N–H and O–H groups in total. The van der Waals surface area contributed by atoms with Gasteiger partial charge in [0.25, 0.3) is 0 Å². The van der Waals surface area contributed by atoms with Crippen molar-refractivity contribution in [2.24, 2.45) is 11.7 Å². The van der Waals surface area contributed by atoms with Crippen LogP contribution in [0.25, 0.3) is 0 Å². The van der Waals surface area contributed by atoms with E-state index in [2.05, 4.69) is 0 Å². The van der Waals surface area contributed by atoms with Crippen LogP contribution in [0.4, 0.5) is 8.78 Å². The van der Waals surface area contributed by atoms with Crippen molar-refractivity contribution in [3.05, 3.63) is 0 Å². The van der Waals surface area contributed by atoms with Crippen LogP contribution in [-0.2, 0) is 0 Å². The maximum absolute atomic E-state index is 12.3. The summed E-state index contributed by atoms with van der Waals surface area (Å²) in [5.41, 5.74) is 5.19. The molecule has 0 saturated heterocycles. The Labute approximate surface area is 66.0 Å². The van der Waals surface area contributed by atoms with Gasteiger partial charge in [-0.15, -0.1) is 0 Å². The van der Waals surface area contributed by atoms with Gasteiger partial charge in [0.2, 0.25) is 6.43 Å². The summed E-state index contributed by atoms with van der Waals surface area (Å²) >= 11 is 0. The maximum Gasteiger partial charge on any atom is 0.243 e. The lowest BCUT2D eigenvalue weighted by Gasteiger charge is -2.21. The van der Waals surface area contributed by atoms with Crippen molar-refractivity contribution in [1.29, 1.82) is 0 Å². The van der Waals surface area contributed by atoms with Crippen molar-refractivity contribution in [1.82, 2.24) is 0 Å². The third kappa shape index (κ3) is 1.89. The van der Waals surface area contributed by atoms with Gasteiger partial charge in [0.1, 0.15) is 0 Å². The molecule has 0 aliphatic heterocycles. The van der Waals surface area contributed by atoms with E-state index in [9.17, 15) is 8.78 Å². The highest BCUT2D eigenvalue weighted by Crippen LogP contribution is 2.44. The third-order valence-electron chi connectivity index (χ3n) is 2.47. The fourth-order valence-corrected chi connectivity index (χ4v) is 1.49. The molecule has 0 heterocycles. The van der Waals surface area contributed by atoms with Crippen molar-refractivity contribution < 1.29 is 8.78 Å². The molecule has 1 rings (SSSR count). The minimum Gasteiger partial charge on any atom is -0.325 e. The maximum atomic E-state index is 12.3. The van der Waals surface area contributed by atoms with E-state index >= 15 is 0 Å². The summed E-state index contributed by atoms with van der Waals surface area (Å²) in [6.45, 7) is 1.92. The van der Waals surface area contributed by atoms with Gasteiger partial charge in [-0.25, -0.2) is 8.78 Å². The zero-order valence-corrected chi connectivity index (χ0v) is 6.82. The Bertz CT molecular complexity index is 132. The SMILES string of the molecule is CCCC(C(F)F)C1(N)CC1. The molecule has 11 heavy (non-hydrogen) atoms. The molecule has 1 atom stereocenters. The summed E-state index contributed by atoms with van der Waals surface area (Å²) in [5.74, 6) is -0.563. The number of hydrogen-bond donors (Lipinski definition) is 1. The minimum absolute atomic E-state index is 0.510. The summed E-state index contributed by atoms with van der Waals surface area (Å²) < 4.78 is 24.7. The number of alkyl halides is 2. The molecule has 1 fully saturated rings. The fourth-order valence-electron chi connectivity index (χ4n) is 1.49. The Morgan fingerprint density at radius 2 is 2.00 bits per heavy atom. The molecular formula is C8H15F2N. The van der Waals surface area contributed by atoms with Gasteiger partial charge in [0, 0.05) is 11.5 Å². The van der Waals surface area contributed by atoms with Gasteiger partial charge in [0.05, 0.1) is 0 Å². The van der Waals surface area contributed by atoms with Gasteiger partial charge >= 0.3 is 0 Å². The van der Waals surface area contributed by atoms with Crippen LogP contribution in [0.2, 0.25) is 0 Å². The van der Waals surface area contributed by atoms with Gasteiger partial charge in [-0.3, -0.25) is 0 Å². The summed E-state index contributed by atoms with van der Waals surface area (Å²) in [6.07, 6.45) is 0.689. The van der Waals surface area contributed by atoms with E-state index in [1.54, 1.807) is 0 Å². The molecule has 0 bridgehead atoms. The number of rotatable bonds is 4. The molecular weight excluding hydrogens is 148 g/mol. The highest BCUT2D eigenvalue weighted by atomic mass is 19.3. The van der Waals surface area contributed by atoms with Gasteiger partial charge in [0.15, 0.2) is 0 Å². The molecule has 1 unspecified atom stereocenters. The molecule has 1 nitrogen and oxygen atoms in total. The Morgan fingerprint density at radius 3 is 2.27 bits per heavy atom. The van der Waals surface area contributed by atoms with Gasteiger partial charge in [-0.2, -0.15) is 0 Å². The zero-order valence-electron chi connectivity index (χ0n) is 6.82. The van der Waals surface area contributed by atoms with Gasteiger partial charge < -0.3 is 5.73 Å². The molecule has 0 spiro atoms. The largest absolute Gasteiger partial charge is 0.325 e. The Kier molecular flexibility index (Phi) is 2.47. The van der Waals surface area contributed by atoms with Crippen molar-refractivity contribution >= 4 is 0 Å². The van der Waals surface area contributed by atoms with E-state index in [0.717, 1.165) is 19.3 Å². The van der Waals surface area contributed by atoms with Crippen LogP contribution in [-0.4, -0.2) is 12.0 Å². The molecule has 0 aromatic heterocycles. The summed E-state index contributed by atoms with van der Waals surface area (Å²) in [5, 5.41) is 0. The standard InChI is InChI=1S/C8H15F2N/c1-2-3-6(7(9)10)8(11)4-5-8/h6-7H,2-5,11H2,1H3. The summed E-state index contributed by atoms with van der Waals surface area (Å²) in [7, 11) is 0. The lowest BCUT2D eigenvalue weighted by Crippen LogP contribution is -2.36. The first-order valence-corrected chi connectivity index (χ1v) is 4.17. The first-order chi connectivity index (χ1) is 5.10. The number of halogens is 2. The Morgan fingerprint density at radius 1 is 1.45 bits per heavy atom. The normalized spacial score (nSPS) is 23.7. The molecule has 0 radical (unpaired) electrons. The summed E-state index contributed by atoms with van der Waals surface area (Å²) in [6, 6.07) is 0. The van der Waals surface area contributed by atoms with Crippen LogP contribution < -0.4 is 5.73 Å². The van der Waals surface area contributed by atoms with E-state index in [1.807, 2.05) is 6.92 Å². The lowest BCUT2D eigenvalue weighted by atomic mass is 9.94. The van der Waals surface area contributed by atoms with Gasteiger partial charge in [-0.05, 0) is 19.3 Å². The fraction of sp³-hybridized carbons (Fsp3) is 1.00. The van der Waals surface area contributed by atoms with E-state index in [1.165, 1.54) is 0 Å². The average Bonchev–Trinajstić information content (AvgIpc) is 2.63. The molecule has 1 aliphatic carbocycles. The van der Waals surface area contributed by atoms with Crippen LogP contribution in [0, 0.1) is 5.92 Å². The molecule has 0 aromatic carbocycles. The molecule has 3 heteroatoms. The smallest absolute Gasteiger partial charge is 0.243 e. The van der Waals surface area contributed by atoms with Crippen molar-refractivity contribution in [3.63, 3.8) is 0 Å². The van der Waals surface area contributed by atoms with Crippen molar-refractivity contribution in [3.8, 4) is 0 Å². The van der Waals surface area contributed by atoms with E-state index in [4.69, 9.17) is 5.73 Å². The van der Waals surface area contributed by atoms with E-state index < -0.39 is 17.9 Å². The topological polar surface area (TPSA) is 26.0 Å². The molecule has 0 aromatic rings. The second kappa shape index (κ2) is 3.05. The molecule has 0 amide bonds. The van der Waals surface area contributed by atoms with Crippen LogP contribution in [0.1, 0.15) is 32.6 Å². The Balaban J connectivity index is 2.45. The van der Waals surface area contributed by atoms with Crippen LogP contribution in [0.5, 0.6) is 0 Å². The van der Waals surface area contributed by atoms with Crippen LogP contribution >= 0.6 is 0 Å². The minimum atomic E-state index is -2.23. The highest BCUT2D eigenvalue weighted by Gasteiger charge is 2.48. The molecule has 1 aliphatic rings. The first-order valence-electron chi connectivity index (χ1n) is 4.17. The van der Waals surface area contributed by atoms with E-state index in [0.29, 0.717) is 6.42 Å². The summed E-state index contributed by atoms with van der Waals surface area (Å²) in [4.78, 5) is 0.